The van der Waals surface area contributed by atoms with Crippen LogP contribution in [0.4, 0.5) is 0 Å². The molecule has 0 bridgehead atoms. The molecule has 2 heterocycles. The molecule has 2 fully saturated rings. The molecule has 1 aliphatic heterocycles. The van der Waals surface area contributed by atoms with Crippen molar-refractivity contribution < 1.29 is 4.74 Å². The van der Waals surface area contributed by atoms with Crippen molar-refractivity contribution >= 4 is 29.9 Å². The van der Waals surface area contributed by atoms with Gasteiger partial charge in [0.2, 0.25) is 0 Å². The van der Waals surface area contributed by atoms with Crippen LogP contribution in [0.15, 0.2) is 11.3 Å². The van der Waals surface area contributed by atoms with E-state index in [0.29, 0.717) is 5.41 Å². The van der Waals surface area contributed by atoms with Gasteiger partial charge in [0.25, 0.3) is 0 Å². The summed E-state index contributed by atoms with van der Waals surface area (Å²) in [5.74, 6) is 1.95. The first kappa shape index (κ1) is 25.3. The van der Waals surface area contributed by atoms with Crippen LogP contribution in [-0.2, 0) is 17.7 Å². The lowest BCUT2D eigenvalue weighted by atomic mass is 9.73. The van der Waals surface area contributed by atoms with Gasteiger partial charge in [0.1, 0.15) is 12.2 Å². The molecule has 1 saturated carbocycles. The van der Waals surface area contributed by atoms with E-state index in [1.165, 1.54) is 32.1 Å². The number of nitrogens with one attached hydrogen (secondary N) is 2. The number of halogens is 1. The molecule has 0 radical (unpaired) electrons. The summed E-state index contributed by atoms with van der Waals surface area (Å²) in [5.41, 5.74) is 0.307. The average molecular weight is 534 g/mol. The van der Waals surface area contributed by atoms with Crippen LogP contribution in [0.5, 0.6) is 0 Å². The van der Waals surface area contributed by atoms with Crippen LogP contribution in [0.1, 0.15) is 51.8 Å². The molecule has 0 spiro atoms. The molecule has 9 heteroatoms. The summed E-state index contributed by atoms with van der Waals surface area (Å²) in [6, 6.07) is 0. The quantitative estimate of drug-likeness (QED) is 0.288. The van der Waals surface area contributed by atoms with Gasteiger partial charge in [-0.05, 0) is 19.8 Å². The van der Waals surface area contributed by atoms with E-state index in [1.54, 1.807) is 0 Å². The zero-order valence-electron chi connectivity index (χ0n) is 18.7. The monoisotopic (exact) mass is 533 g/mol. The van der Waals surface area contributed by atoms with Gasteiger partial charge in [-0.1, -0.05) is 26.2 Å². The Labute approximate surface area is 198 Å². The second-order valence-corrected chi connectivity index (χ2v) is 8.37. The molecule has 3 rings (SSSR count). The predicted molar refractivity (Wildman–Crippen MR) is 132 cm³/mol. The SMILES string of the molecule is CCNC(=NCC1(CN2CCOCC2)CCCCC1)NCCn1cnnc1CC.I. The highest BCUT2D eigenvalue weighted by Gasteiger charge is 2.34. The van der Waals surface area contributed by atoms with Crippen molar-refractivity contribution in [2.24, 2.45) is 10.4 Å². The molecule has 0 aromatic carbocycles. The third-order valence-electron chi connectivity index (χ3n) is 6.15. The lowest BCUT2D eigenvalue weighted by molar-refractivity contribution is 0.00937. The number of guanidine groups is 1. The number of hydrogen-bond acceptors (Lipinski definition) is 5. The van der Waals surface area contributed by atoms with Crippen molar-refractivity contribution in [3.8, 4) is 0 Å². The molecule has 1 aromatic rings. The van der Waals surface area contributed by atoms with Gasteiger partial charge < -0.3 is 19.9 Å². The molecule has 172 valence electrons. The number of rotatable bonds is 9. The third kappa shape index (κ3) is 7.64. The van der Waals surface area contributed by atoms with Gasteiger partial charge in [0.05, 0.1) is 13.2 Å². The van der Waals surface area contributed by atoms with E-state index in [-0.39, 0.29) is 24.0 Å². The summed E-state index contributed by atoms with van der Waals surface area (Å²) in [6.45, 7) is 12.7. The Morgan fingerprint density at radius 3 is 2.63 bits per heavy atom. The van der Waals surface area contributed by atoms with Gasteiger partial charge in [-0.2, -0.15) is 0 Å². The average Bonchev–Trinajstić information content (AvgIpc) is 3.21. The summed E-state index contributed by atoms with van der Waals surface area (Å²) in [4.78, 5) is 7.62. The van der Waals surface area contributed by atoms with Crippen molar-refractivity contribution in [2.75, 3.05) is 52.5 Å². The van der Waals surface area contributed by atoms with E-state index in [1.807, 2.05) is 6.33 Å². The van der Waals surface area contributed by atoms with Crippen LogP contribution in [0, 0.1) is 5.41 Å². The Kier molecular flexibility index (Phi) is 11.4. The lowest BCUT2D eigenvalue weighted by Crippen LogP contribution is -2.47. The first-order valence-corrected chi connectivity index (χ1v) is 11.4. The van der Waals surface area contributed by atoms with Gasteiger partial charge in [0.15, 0.2) is 5.96 Å². The lowest BCUT2D eigenvalue weighted by Gasteiger charge is -2.41. The molecule has 0 amide bonds. The van der Waals surface area contributed by atoms with Crippen LogP contribution in [-0.4, -0.2) is 78.1 Å². The summed E-state index contributed by atoms with van der Waals surface area (Å²) in [6.07, 6.45) is 9.31. The minimum Gasteiger partial charge on any atom is -0.379 e. The Morgan fingerprint density at radius 1 is 1.17 bits per heavy atom. The Morgan fingerprint density at radius 2 is 1.93 bits per heavy atom. The second kappa shape index (κ2) is 13.5. The number of aryl methyl sites for hydroxylation is 1. The van der Waals surface area contributed by atoms with E-state index < -0.39 is 0 Å². The molecular weight excluding hydrogens is 493 g/mol. The molecular formula is C21H40IN7O. The van der Waals surface area contributed by atoms with Crippen molar-refractivity contribution in [3.05, 3.63) is 12.2 Å². The topological polar surface area (TPSA) is 79.6 Å². The first-order chi connectivity index (χ1) is 14.2. The molecule has 1 saturated heterocycles. The zero-order valence-corrected chi connectivity index (χ0v) is 21.1. The summed E-state index contributed by atoms with van der Waals surface area (Å²) < 4.78 is 7.65. The highest BCUT2D eigenvalue weighted by atomic mass is 127. The number of nitrogens with zero attached hydrogens (tertiary/aromatic N) is 5. The molecule has 1 aromatic heterocycles. The standard InChI is InChI=1S/C21H39N7O.HI/c1-3-19-26-25-18-28(19)11-10-23-20(22-4-2)24-16-21(8-6-5-7-9-21)17-27-12-14-29-15-13-27;/h18H,3-17H2,1-2H3,(H2,22,23,24);1H. The minimum atomic E-state index is 0. The normalized spacial score (nSPS) is 19.9. The van der Waals surface area contributed by atoms with Crippen molar-refractivity contribution in [1.82, 2.24) is 30.3 Å². The molecule has 0 unspecified atom stereocenters. The van der Waals surface area contributed by atoms with E-state index in [4.69, 9.17) is 9.73 Å². The van der Waals surface area contributed by atoms with E-state index in [2.05, 4.69) is 44.1 Å². The fourth-order valence-electron chi connectivity index (χ4n) is 4.52. The predicted octanol–water partition coefficient (Wildman–Crippen LogP) is 2.30. The van der Waals surface area contributed by atoms with Gasteiger partial charge in [-0.3, -0.25) is 9.89 Å². The highest BCUT2D eigenvalue weighted by molar-refractivity contribution is 14.0. The number of morpholine rings is 1. The first-order valence-electron chi connectivity index (χ1n) is 11.4. The Bertz CT molecular complexity index is 625. The van der Waals surface area contributed by atoms with E-state index in [9.17, 15) is 0 Å². The van der Waals surface area contributed by atoms with Crippen LogP contribution < -0.4 is 10.6 Å². The van der Waals surface area contributed by atoms with E-state index in [0.717, 1.165) is 77.2 Å². The Balaban J connectivity index is 0.00000320. The third-order valence-corrected chi connectivity index (χ3v) is 6.15. The number of aromatic nitrogens is 3. The van der Waals surface area contributed by atoms with Gasteiger partial charge >= 0.3 is 0 Å². The van der Waals surface area contributed by atoms with Crippen LogP contribution in [0.25, 0.3) is 0 Å². The maximum Gasteiger partial charge on any atom is 0.191 e. The Hall–Kier alpha value is -0.940. The largest absolute Gasteiger partial charge is 0.379 e. The number of hydrogen-bond donors (Lipinski definition) is 2. The van der Waals surface area contributed by atoms with Gasteiger partial charge in [-0.25, -0.2) is 0 Å². The molecule has 1 aliphatic carbocycles. The van der Waals surface area contributed by atoms with Gasteiger partial charge in [0, 0.05) is 57.6 Å². The molecule has 8 nitrogen and oxygen atoms in total. The van der Waals surface area contributed by atoms with Crippen LogP contribution in [0.3, 0.4) is 0 Å². The maximum atomic E-state index is 5.54. The van der Waals surface area contributed by atoms with Crippen molar-refractivity contribution in [2.45, 2.75) is 58.9 Å². The molecule has 30 heavy (non-hydrogen) atoms. The zero-order chi connectivity index (χ0) is 20.4. The minimum absolute atomic E-state index is 0. The summed E-state index contributed by atoms with van der Waals surface area (Å²) >= 11 is 0. The molecule has 2 aliphatic rings. The second-order valence-electron chi connectivity index (χ2n) is 8.37. The molecule has 2 N–H and O–H groups in total. The van der Waals surface area contributed by atoms with Crippen molar-refractivity contribution in [1.29, 1.82) is 0 Å². The summed E-state index contributed by atoms with van der Waals surface area (Å²) in [7, 11) is 0. The summed E-state index contributed by atoms with van der Waals surface area (Å²) in [5, 5.41) is 15.1. The highest BCUT2D eigenvalue weighted by Crippen LogP contribution is 2.37. The number of ether oxygens (including phenoxy) is 1. The van der Waals surface area contributed by atoms with Crippen LogP contribution >= 0.6 is 24.0 Å². The molecule has 0 atom stereocenters. The fraction of sp³-hybridized carbons (Fsp3) is 0.857. The van der Waals surface area contributed by atoms with Crippen LogP contribution in [0.2, 0.25) is 0 Å². The van der Waals surface area contributed by atoms with Crippen molar-refractivity contribution in [3.63, 3.8) is 0 Å². The van der Waals surface area contributed by atoms with E-state index >= 15 is 0 Å². The fourth-order valence-corrected chi connectivity index (χ4v) is 4.52. The number of aliphatic imine (C=N–C) groups is 1. The van der Waals surface area contributed by atoms with Gasteiger partial charge in [-0.15, -0.1) is 34.2 Å². The smallest absolute Gasteiger partial charge is 0.191 e. The maximum absolute atomic E-state index is 5.54.